The van der Waals surface area contributed by atoms with Crippen LogP contribution < -0.4 is 5.32 Å². The van der Waals surface area contributed by atoms with E-state index < -0.39 is 17.8 Å². The summed E-state index contributed by atoms with van der Waals surface area (Å²) >= 11 is 1.42. The maximum atomic E-state index is 13.4. The van der Waals surface area contributed by atoms with Crippen LogP contribution in [0.3, 0.4) is 0 Å². The van der Waals surface area contributed by atoms with Crippen molar-refractivity contribution in [3.05, 3.63) is 155 Å². The third kappa shape index (κ3) is 8.37. The maximum Gasteiger partial charge on any atom is 0.338 e. The molecule has 2 heterocycles. The number of esters is 2. The summed E-state index contributed by atoms with van der Waals surface area (Å²) in [5, 5.41) is 3.36. The molecule has 8 nitrogen and oxygen atoms in total. The lowest BCUT2D eigenvalue weighted by atomic mass is 10.1. The predicted octanol–water partition coefficient (Wildman–Crippen LogP) is 6.74. The Morgan fingerprint density at radius 1 is 0.651 bits per heavy atom. The molecule has 0 aliphatic heterocycles. The summed E-state index contributed by atoms with van der Waals surface area (Å²) in [4.78, 5) is 47.9. The number of ether oxygens (including phenoxy) is 2. The molecule has 9 heteroatoms. The molecule has 0 saturated carbocycles. The summed E-state index contributed by atoms with van der Waals surface area (Å²) in [6.07, 6.45) is 5.04. The van der Waals surface area contributed by atoms with Crippen LogP contribution in [0.25, 0.3) is 0 Å². The summed E-state index contributed by atoms with van der Waals surface area (Å²) in [5.41, 5.74) is 3.45. The van der Waals surface area contributed by atoms with E-state index in [1.165, 1.54) is 30.0 Å². The summed E-state index contributed by atoms with van der Waals surface area (Å²) < 4.78 is 11.0. The first-order valence-electron chi connectivity index (χ1n) is 13.4. The quantitative estimate of drug-likeness (QED) is 0.133. The minimum atomic E-state index is -0.646. The predicted molar refractivity (Wildman–Crippen MR) is 164 cm³/mol. The Labute approximate surface area is 253 Å². The maximum absolute atomic E-state index is 13.4. The number of nitrogens with zero attached hydrogens (tertiary/aromatic N) is 2. The van der Waals surface area contributed by atoms with Crippen molar-refractivity contribution in [2.75, 3.05) is 5.32 Å². The number of rotatable bonds is 11. The summed E-state index contributed by atoms with van der Waals surface area (Å²) in [5.74, 6) is -1.14. The van der Waals surface area contributed by atoms with Gasteiger partial charge in [-0.05, 0) is 59.2 Å². The monoisotopic (exact) mass is 589 g/mol. The molecular weight excluding hydrogens is 562 g/mol. The van der Waals surface area contributed by atoms with E-state index in [2.05, 4.69) is 15.3 Å². The highest BCUT2D eigenvalue weighted by molar-refractivity contribution is 7.98. The van der Waals surface area contributed by atoms with E-state index in [1.807, 2.05) is 72.8 Å². The number of aromatic nitrogens is 2. The Balaban J connectivity index is 1.36. The molecule has 0 aliphatic carbocycles. The van der Waals surface area contributed by atoms with Crippen LogP contribution in [-0.4, -0.2) is 27.8 Å². The Bertz CT molecular complexity index is 1630. The van der Waals surface area contributed by atoms with E-state index in [0.29, 0.717) is 16.3 Å². The topological polar surface area (TPSA) is 107 Å². The van der Waals surface area contributed by atoms with Gasteiger partial charge < -0.3 is 14.8 Å². The molecule has 214 valence electrons. The van der Waals surface area contributed by atoms with Crippen LogP contribution in [-0.2, 0) is 28.4 Å². The third-order valence-corrected chi connectivity index (χ3v) is 7.30. The van der Waals surface area contributed by atoms with Gasteiger partial charge in [0.05, 0.1) is 16.7 Å². The molecular formula is C34H27N3O5S. The van der Waals surface area contributed by atoms with E-state index in [0.717, 1.165) is 16.7 Å². The number of hydrogen-bond donors (Lipinski definition) is 1. The zero-order valence-electron chi connectivity index (χ0n) is 23.0. The van der Waals surface area contributed by atoms with Gasteiger partial charge in [0.25, 0.3) is 5.91 Å². The average molecular weight is 590 g/mol. The summed E-state index contributed by atoms with van der Waals surface area (Å²) in [7, 11) is 0. The number of benzene rings is 3. The minimum absolute atomic E-state index is 0.0534. The van der Waals surface area contributed by atoms with Crippen molar-refractivity contribution in [2.24, 2.45) is 0 Å². The van der Waals surface area contributed by atoms with E-state index in [9.17, 15) is 14.4 Å². The summed E-state index contributed by atoms with van der Waals surface area (Å²) in [6.45, 7) is 0.107. The van der Waals surface area contributed by atoms with Crippen LogP contribution in [0.2, 0.25) is 0 Å². The molecule has 0 radical (unpaired) electrons. The van der Waals surface area contributed by atoms with Crippen LogP contribution in [0, 0.1) is 0 Å². The number of nitrogens with one attached hydrogen (secondary N) is 1. The van der Waals surface area contributed by atoms with Crippen molar-refractivity contribution in [2.45, 2.75) is 24.0 Å². The third-order valence-electron chi connectivity index (χ3n) is 6.23. The van der Waals surface area contributed by atoms with Crippen LogP contribution in [0.15, 0.2) is 127 Å². The van der Waals surface area contributed by atoms with E-state index in [1.54, 1.807) is 30.7 Å². The molecule has 3 aromatic carbocycles. The van der Waals surface area contributed by atoms with Gasteiger partial charge in [-0.1, -0.05) is 60.7 Å². The number of pyridine rings is 2. The second kappa shape index (κ2) is 14.6. The highest BCUT2D eigenvalue weighted by atomic mass is 32.2. The Morgan fingerprint density at radius 3 is 1.81 bits per heavy atom. The number of anilines is 1. The van der Waals surface area contributed by atoms with Crippen molar-refractivity contribution in [1.29, 1.82) is 0 Å². The van der Waals surface area contributed by atoms with Gasteiger partial charge in [0, 0.05) is 30.0 Å². The first kappa shape index (κ1) is 29.2. The number of carbonyl (C=O) groups is 3. The van der Waals surface area contributed by atoms with Gasteiger partial charge in [-0.15, -0.1) is 11.8 Å². The van der Waals surface area contributed by atoms with Gasteiger partial charge in [0.2, 0.25) is 0 Å². The highest BCUT2D eigenvalue weighted by Gasteiger charge is 2.19. The van der Waals surface area contributed by atoms with Gasteiger partial charge in [-0.25, -0.2) is 14.6 Å². The van der Waals surface area contributed by atoms with E-state index in [-0.39, 0.29) is 30.0 Å². The van der Waals surface area contributed by atoms with Crippen LogP contribution in [0.5, 0.6) is 0 Å². The lowest BCUT2D eigenvalue weighted by Crippen LogP contribution is -2.16. The largest absolute Gasteiger partial charge is 0.457 e. The minimum Gasteiger partial charge on any atom is -0.457 e. The number of carbonyl (C=O) groups excluding carboxylic acids is 3. The van der Waals surface area contributed by atoms with Gasteiger partial charge in [-0.2, -0.15) is 0 Å². The van der Waals surface area contributed by atoms with Crippen molar-refractivity contribution < 1.29 is 23.9 Å². The second-order valence-corrected chi connectivity index (χ2v) is 10.3. The van der Waals surface area contributed by atoms with Crippen LogP contribution in [0.4, 0.5) is 5.69 Å². The Kier molecular flexibility index (Phi) is 9.90. The van der Waals surface area contributed by atoms with Gasteiger partial charge >= 0.3 is 11.9 Å². The molecule has 5 aromatic rings. The zero-order chi connectivity index (χ0) is 29.9. The van der Waals surface area contributed by atoms with Crippen molar-refractivity contribution >= 4 is 35.3 Å². The molecule has 0 bridgehead atoms. The molecule has 43 heavy (non-hydrogen) atoms. The first-order chi connectivity index (χ1) is 21.0. The molecule has 0 saturated heterocycles. The van der Waals surface area contributed by atoms with Crippen LogP contribution >= 0.6 is 11.8 Å². The van der Waals surface area contributed by atoms with Crippen molar-refractivity contribution in [3.63, 3.8) is 0 Å². The summed E-state index contributed by atoms with van der Waals surface area (Å²) in [6, 6.07) is 30.0. The fourth-order valence-electron chi connectivity index (χ4n) is 4.06. The molecule has 0 atom stereocenters. The fraction of sp³-hybridized carbons (Fsp3) is 0.0882. The lowest BCUT2D eigenvalue weighted by Gasteiger charge is -2.13. The van der Waals surface area contributed by atoms with E-state index in [4.69, 9.17) is 9.47 Å². The fourth-order valence-corrected chi connectivity index (χ4v) is 5.00. The van der Waals surface area contributed by atoms with Crippen molar-refractivity contribution in [1.82, 2.24) is 9.97 Å². The first-order valence-corrected chi connectivity index (χ1v) is 14.4. The SMILES string of the molecule is O=C(OCc1ccccc1)c1cc(NC(=O)c2cccnc2SCc2ccncc2)cc(C(=O)OCc2ccccc2)c1. The van der Waals surface area contributed by atoms with E-state index >= 15 is 0 Å². The molecule has 0 fully saturated rings. The number of thioether (sulfide) groups is 1. The van der Waals surface area contributed by atoms with Gasteiger partial charge in [0.1, 0.15) is 18.2 Å². The number of amides is 1. The normalized spacial score (nSPS) is 10.5. The lowest BCUT2D eigenvalue weighted by molar-refractivity contribution is 0.0470. The highest BCUT2D eigenvalue weighted by Crippen LogP contribution is 2.26. The molecule has 1 N–H and O–H groups in total. The second-order valence-electron chi connectivity index (χ2n) is 9.38. The van der Waals surface area contributed by atoms with Crippen molar-refractivity contribution in [3.8, 4) is 0 Å². The zero-order valence-corrected chi connectivity index (χ0v) is 23.8. The van der Waals surface area contributed by atoms with Crippen LogP contribution in [0.1, 0.15) is 47.8 Å². The molecule has 1 amide bonds. The van der Waals surface area contributed by atoms with Gasteiger partial charge in [0.15, 0.2) is 0 Å². The average Bonchev–Trinajstić information content (AvgIpc) is 3.06. The number of hydrogen-bond acceptors (Lipinski definition) is 8. The van der Waals surface area contributed by atoms with Gasteiger partial charge in [-0.3, -0.25) is 9.78 Å². The Hall–Kier alpha value is -5.28. The molecule has 0 aliphatic rings. The standard InChI is InChI=1S/C34H27N3O5S/c38-31(30-12-7-15-36-32(30)43-23-26-13-16-35-17-14-26)37-29-19-27(33(39)41-21-24-8-3-1-4-9-24)18-28(20-29)34(40)42-22-25-10-5-2-6-11-25/h1-20H,21-23H2,(H,37,38). The smallest absolute Gasteiger partial charge is 0.338 e. The molecule has 0 unspecified atom stereocenters. The molecule has 0 spiro atoms. The molecule has 5 rings (SSSR count). The molecule has 2 aromatic heterocycles. The Morgan fingerprint density at radius 2 is 1.23 bits per heavy atom.